The van der Waals surface area contributed by atoms with Crippen LogP contribution in [-0.4, -0.2) is 29.9 Å². The van der Waals surface area contributed by atoms with Gasteiger partial charge < -0.3 is 5.73 Å². The molecule has 1 atom stereocenters. The molecule has 0 unspecified atom stereocenters. The second-order valence-corrected chi connectivity index (χ2v) is 2.50. The maximum atomic E-state index is 10.7. The van der Waals surface area contributed by atoms with Gasteiger partial charge in [-0.25, -0.2) is 0 Å². The predicted molar refractivity (Wildman–Crippen MR) is 39.1 cm³/mol. The quantitative estimate of drug-likeness (QED) is 0.530. The highest BCUT2D eigenvalue weighted by molar-refractivity contribution is 5.81. The predicted octanol–water partition coefficient (Wildman–Crippen LogP) is -0.726. The van der Waals surface area contributed by atoms with Gasteiger partial charge in [0.15, 0.2) is 0 Å². The summed E-state index contributed by atoms with van der Waals surface area (Å²) in [5.41, 5.74) is 5.10. The molecule has 1 radical (unpaired) electrons. The molecule has 1 heterocycles. The molecule has 0 spiro atoms. The van der Waals surface area contributed by atoms with Crippen molar-refractivity contribution < 1.29 is 4.79 Å². The van der Waals surface area contributed by atoms with Gasteiger partial charge in [0.05, 0.1) is 18.7 Å². The van der Waals surface area contributed by atoms with Gasteiger partial charge >= 0.3 is 0 Å². The molecule has 0 bridgehead atoms. The van der Waals surface area contributed by atoms with Gasteiger partial charge in [-0.3, -0.25) is 9.69 Å². The van der Waals surface area contributed by atoms with Crippen molar-refractivity contribution in [2.45, 2.75) is 12.5 Å². The van der Waals surface area contributed by atoms with E-state index in [4.69, 9.17) is 11.0 Å². The number of carbonyl (C=O) groups excluding carboxylic acids is 1. The third kappa shape index (κ3) is 1.69. The zero-order valence-electron chi connectivity index (χ0n) is 6.16. The lowest BCUT2D eigenvalue weighted by Crippen LogP contribution is -2.40. The molecular weight excluding hydrogens is 142 g/mol. The molecule has 0 saturated carbocycles. The van der Waals surface area contributed by atoms with Crippen LogP contribution < -0.4 is 5.73 Å². The van der Waals surface area contributed by atoms with Crippen molar-refractivity contribution in [3.63, 3.8) is 0 Å². The van der Waals surface area contributed by atoms with Gasteiger partial charge in [-0.1, -0.05) is 0 Å². The third-order valence-electron chi connectivity index (χ3n) is 1.76. The molecule has 0 aliphatic carbocycles. The Morgan fingerprint density at radius 2 is 2.64 bits per heavy atom. The minimum absolute atomic E-state index is 0.282. The highest BCUT2D eigenvalue weighted by atomic mass is 16.1. The van der Waals surface area contributed by atoms with Gasteiger partial charge in [-0.05, 0) is 12.8 Å². The number of nitrogens with zero attached hydrogens (tertiary/aromatic N) is 2. The van der Waals surface area contributed by atoms with Crippen LogP contribution in [0.1, 0.15) is 6.42 Å². The van der Waals surface area contributed by atoms with Gasteiger partial charge in [0.1, 0.15) is 0 Å². The summed E-state index contributed by atoms with van der Waals surface area (Å²) in [5.74, 6) is -0.363. The Bertz CT molecular complexity index is 196. The maximum absolute atomic E-state index is 10.7. The number of likely N-dealkylation sites (tertiary alicyclic amines) is 1. The monoisotopic (exact) mass is 152 g/mol. The zero-order valence-corrected chi connectivity index (χ0v) is 6.16. The molecule has 2 N–H and O–H groups in total. The first-order valence-corrected chi connectivity index (χ1v) is 3.49. The fraction of sp³-hybridized carbons (Fsp3) is 0.571. The van der Waals surface area contributed by atoms with Gasteiger partial charge in [-0.15, -0.1) is 0 Å². The first-order valence-electron chi connectivity index (χ1n) is 3.49. The number of rotatable bonds is 2. The van der Waals surface area contributed by atoms with E-state index in [1.807, 2.05) is 12.5 Å². The van der Waals surface area contributed by atoms with Crippen molar-refractivity contribution in [2.24, 2.45) is 5.73 Å². The minimum atomic E-state index is -0.363. The number of hydrogen-bond acceptors (Lipinski definition) is 3. The van der Waals surface area contributed by atoms with Crippen molar-refractivity contribution in [3.8, 4) is 6.07 Å². The number of nitrogens with two attached hydrogens (primary N) is 1. The van der Waals surface area contributed by atoms with Crippen LogP contribution in [0.2, 0.25) is 0 Å². The van der Waals surface area contributed by atoms with E-state index in [1.165, 1.54) is 0 Å². The van der Waals surface area contributed by atoms with E-state index in [1.54, 1.807) is 4.90 Å². The average molecular weight is 152 g/mol. The molecule has 4 heteroatoms. The largest absolute Gasteiger partial charge is 0.368 e. The molecule has 1 amide bonds. The van der Waals surface area contributed by atoms with Crippen molar-refractivity contribution in [1.29, 1.82) is 5.26 Å². The van der Waals surface area contributed by atoms with Crippen molar-refractivity contribution in [1.82, 2.24) is 4.90 Å². The van der Waals surface area contributed by atoms with E-state index in [2.05, 4.69) is 0 Å². The number of hydrogen-bond donors (Lipinski definition) is 1. The summed E-state index contributed by atoms with van der Waals surface area (Å²) in [4.78, 5) is 12.5. The molecule has 1 rings (SSSR count). The van der Waals surface area contributed by atoms with Crippen LogP contribution in [0.3, 0.4) is 0 Å². The van der Waals surface area contributed by atoms with Gasteiger partial charge in [-0.2, -0.15) is 5.26 Å². The van der Waals surface area contributed by atoms with Crippen LogP contribution in [0.25, 0.3) is 0 Å². The Balaban J connectivity index is 2.52. The Morgan fingerprint density at radius 1 is 1.91 bits per heavy atom. The van der Waals surface area contributed by atoms with Crippen LogP contribution in [0.5, 0.6) is 0 Å². The van der Waals surface area contributed by atoms with E-state index >= 15 is 0 Å². The van der Waals surface area contributed by atoms with Gasteiger partial charge in [0.2, 0.25) is 5.91 Å². The summed E-state index contributed by atoms with van der Waals surface area (Å²) >= 11 is 0. The normalized spacial score (nSPS) is 24.8. The lowest BCUT2D eigenvalue weighted by molar-refractivity contribution is -0.121. The first-order chi connectivity index (χ1) is 5.25. The van der Waals surface area contributed by atoms with Crippen LogP contribution >= 0.6 is 0 Å². The number of nitriles is 1. The molecule has 0 aromatic rings. The zero-order chi connectivity index (χ0) is 8.27. The van der Waals surface area contributed by atoms with E-state index in [-0.39, 0.29) is 18.5 Å². The molecule has 1 saturated heterocycles. The Labute approximate surface area is 65.6 Å². The topological polar surface area (TPSA) is 70.1 Å². The fourth-order valence-corrected chi connectivity index (χ4v) is 1.25. The number of primary amides is 1. The van der Waals surface area contributed by atoms with Gasteiger partial charge in [0.25, 0.3) is 0 Å². The SMILES string of the molecule is N#CCN1CC[CH][C@@H]1C(N)=O. The van der Waals surface area contributed by atoms with E-state index < -0.39 is 0 Å². The highest BCUT2D eigenvalue weighted by Gasteiger charge is 2.28. The lowest BCUT2D eigenvalue weighted by Gasteiger charge is -2.17. The fourth-order valence-electron chi connectivity index (χ4n) is 1.25. The summed E-state index contributed by atoms with van der Waals surface area (Å²) in [6.45, 7) is 1.05. The number of carbonyl (C=O) groups is 1. The van der Waals surface area contributed by atoms with Crippen molar-refractivity contribution in [3.05, 3.63) is 6.42 Å². The summed E-state index contributed by atoms with van der Waals surface area (Å²) < 4.78 is 0. The minimum Gasteiger partial charge on any atom is -0.368 e. The Morgan fingerprint density at radius 3 is 3.18 bits per heavy atom. The summed E-state index contributed by atoms with van der Waals surface area (Å²) in [6, 6.07) is 1.67. The summed E-state index contributed by atoms with van der Waals surface area (Å²) in [7, 11) is 0. The molecule has 1 fully saturated rings. The molecule has 11 heavy (non-hydrogen) atoms. The molecule has 0 aromatic carbocycles. The third-order valence-corrected chi connectivity index (χ3v) is 1.76. The molecule has 1 aliphatic heterocycles. The Kier molecular flexibility index (Phi) is 2.44. The van der Waals surface area contributed by atoms with E-state index in [9.17, 15) is 4.79 Å². The van der Waals surface area contributed by atoms with Crippen LogP contribution in [0.4, 0.5) is 0 Å². The lowest BCUT2D eigenvalue weighted by atomic mass is 10.2. The van der Waals surface area contributed by atoms with Crippen molar-refractivity contribution >= 4 is 5.91 Å². The molecule has 59 valence electrons. The second-order valence-electron chi connectivity index (χ2n) is 2.50. The second kappa shape index (κ2) is 3.35. The van der Waals surface area contributed by atoms with Crippen LogP contribution in [0.15, 0.2) is 0 Å². The maximum Gasteiger partial charge on any atom is 0.235 e. The first kappa shape index (κ1) is 8.02. The van der Waals surface area contributed by atoms with Crippen LogP contribution in [-0.2, 0) is 4.79 Å². The Hall–Kier alpha value is -1.08. The molecule has 0 aromatic heterocycles. The van der Waals surface area contributed by atoms with E-state index in [0.29, 0.717) is 0 Å². The van der Waals surface area contributed by atoms with Crippen molar-refractivity contribution in [2.75, 3.05) is 13.1 Å². The van der Waals surface area contributed by atoms with Gasteiger partial charge in [0, 0.05) is 6.54 Å². The highest BCUT2D eigenvalue weighted by Crippen LogP contribution is 2.14. The smallest absolute Gasteiger partial charge is 0.235 e. The average Bonchev–Trinajstić information content (AvgIpc) is 2.36. The number of amides is 1. The van der Waals surface area contributed by atoms with Crippen LogP contribution in [0, 0.1) is 17.8 Å². The molecule has 4 nitrogen and oxygen atoms in total. The summed E-state index contributed by atoms with van der Waals surface area (Å²) in [5, 5.41) is 8.37. The standard InChI is InChI=1S/C7H10N3O/c8-3-5-10-4-1-2-6(10)7(9)11/h2,6H,1,4-5H2,(H2,9,11)/t6-/m1/s1. The summed E-state index contributed by atoms with van der Waals surface area (Å²) in [6.07, 6.45) is 2.69. The van der Waals surface area contributed by atoms with E-state index in [0.717, 1.165) is 13.0 Å². The molecule has 1 aliphatic rings. The molecular formula is C7H10N3O.